The Morgan fingerprint density at radius 1 is 1.02 bits per heavy atom. The predicted molar refractivity (Wildman–Crippen MR) is 180 cm³/mol. The van der Waals surface area contributed by atoms with E-state index in [9.17, 15) is 18.8 Å². The molecule has 11 heteroatoms. The molecule has 0 radical (unpaired) electrons. The van der Waals surface area contributed by atoms with Gasteiger partial charge in [-0.15, -0.1) is 0 Å². The molecule has 5 rings (SSSR count). The number of benzene rings is 3. The molecule has 2 amide bonds. The number of hydrogen-bond donors (Lipinski definition) is 2. The van der Waals surface area contributed by atoms with Gasteiger partial charge in [0, 0.05) is 25.1 Å². The third-order valence-electron chi connectivity index (χ3n) is 7.22. The molecule has 1 aliphatic carbocycles. The molecule has 1 saturated heterocycles. The zero-order valence-corrected chi connectivity index (χ0v) is 26.7. The molecular formula is C36H35FN4O5S. The zero-order valence-electron chi connectivity index (χ0n) is 25.9. The van der Waals surface area contributed by atoms with Crippen LogP contribution in [0.5, 0.6) is 5.75 Å². The smallest absolute Gasteiger partial charge is 0.320 e. The van der Waals surface area contributed by atoms with Gasteiger partial charge in [0.1, 0.15) is 23.4 Å². The van der Waals surface area contributed by atoms with Gasteiger partial charge >= 0.3 is 5.97 Å². The molecular weight excluding hydrogens is 619 g/mol. The van der Waals surface area contributed by atoms with Crippen LogP contribution in [0.25, 0.3) is 0 Å². The molecule has 47 heavy (non-hydrogen) atoms. The van der Waals surface area contributed by atoms with Gasteiger partial charge in [0.15, 0.2) is 5.17 Å². The quantitative estimate of drug-likeness (QED) is 0.183. The fourth-order valence-corrected chi connectivity index (χ4v) is 6.01. The Hall–Kier alpha value is -5.00. The van der Waals surface area contributed by atoms with E-state index in [4.69, 9.17) is 9.47 Å². The van der Waals surface area contributed by atoms with Crippen molar-refractivity contribution in [2.24, 2.45) is 4.99 Å². The summed E-state index contributed by atoms with van der Waals surface area (Å²) in [5.74, 6) is -0.490. The van der Waals surface area contributed by atoms with Crippen LogP contribution in [-0.4, -0.2) is 53.3 Å². The molecule has 0 aromatic heterocycles. The number of amides is 2. The van der Waals surface area contributed by atoms with E-state index in [1.807, 2.05) is 72.8 Å². The van der Waals surface area contributed by atoms with Crippen molar-refractivity contribution < 1.29 is 28.2 Å². The minimum absolute atomic E-state index is 0.00404. The number of nitrogens with one attached hydrogen (secondary N) is 2. The average molecular weight is 655 g/mol. The number of amidine groups is 1. The molecule has 2 N–H and O–H groups in total. The lowest BCUT2D eigenvalue weighted by Gasteiger charge is -2.17. The largest absolute Gasteiger partial charge is 0.497 e. The van der Waals surface area contributed by atoms with E-state index in [1.54, 1.807) is 30.2 Å². The second-order valence-corrected chi connectivity index (χ2v) is 11.8. The van der Waals surface area contributed by atoms with Crippen molar-refractivity contribution in [2.45, 2.75) is 31.2 Å². The first-order valence-corrected chi connectivity index (χ1v) is 16.0. The van der Waals surface area contributed by atoms with Gasteiger partial charge in [-0.25, -0.2) is 9.38 Å². The maximum absolute atomic E-state index is 13.9. The fraction of sp³-hybridized carbons (Fsp3) is 0.222. The monoisotopic (exact) mass is 654 g/mol. The van der Waals surface area contributed by atoms with Gasteiger partial charge in [0.2, 0.25) is 11.8 Å². The minimum atomic E-state index is -0.582. The zero-order chi connectivity index (χ0) is 33.0. The molecule has 2 aliphatic rings. The summed E-state index contributed by atoms with van der Waals surface area (Å²) in [7, 11) is 1.58. The number of methoxy groups -OCH3 is 1. The first-order valence-electron chi connectivity index (χ1n) is 15.1. The summed E-state index contributed by atoms with van der Waals surface area (Å²) < 4.78 is 24.5. The molecule has 3 aromatic carbocycles. The fourth-order valence-electron chi connectivity index (χ4n) is 4.84. The Kier molecular flexibility index (Phi) is 11.7. The highest BCUT2D eigenvalue weighted by molar-refractivity contribution is 8.15. The number of hydrogen-bond acceptors (Lipinski definition) is 8. The topological polar surface area (TPSA) is 109 Å². The second-order valence-electron chi connectivity index (χ2n) is 10.7. The number of aliphatic imine (C=N–C) groups is 1. The van der Waals surface area contributed by atoms with Gasteiger partial charge in [-0.05, 0) is 53.1 Å². The molecule has 0 saturated carbocycles. The molecule has 242 valence electrons. The van der Waals surface area contributed by atoms with Gasteiger partial charge in [0.25, 0.3) is 0 Å². The first kappa shape index (κ1) is 33.4. The van der Waals surface area contributed by atoms with Crippen molar-refractivity contribution in [3.05, 3.63) is 131 Å². The Labute approximate surface area is 277 Å². The number of rotatable bonds is 13. The third-order valence-corrected chi connectivity index (χ3v) is 8.45. The van der Waals surface area contributed by atoms with Crippen molar-refractivity contribution >= 4 is 40.4 Å². The summed E-state index contributed by atoms with van der Waals surface area (Å²) >= 11 is 1.30. The van der Waals surface area contributed by atoms with Crippen LogP contribution in [0.3, 0.4) is 0 Å². The first-order chi connectivity index (χ1) is 22.9. The average Bonchev–Trinajstić information content (AvgIpc) is 3.21. The number of carbonyl (C=O) groups is 3. The summed E-state index contributed by atoms with van der Waals surface area (Å²) in [6.45, 7) is 0.774. The molecule has 0 spiro atoms. The number of thioether (sulfide) groups is 1. The highest BCUT2D eigenvalue weighted by atomic mass is 32.2. The maximum atomic E-state index is 13.9. The summed E-state index contributed by atoms with van der Waals surface area (Å²) in [5.41, 5.74) is 3.60. The van der Waals surface area contributed by atoms with Crippen LogP contribution >= 0.6 is 11.8 Å². The number of halogens is 1. The van der Waals surface area contributed by atoms with Gasteiger partial charge in [-0.3, -0.25) is 19.3 Å². The van der Waals surface area contributed by atoms with E-state index in [0.717, 1.165) is 16.7 Å². The molecule has 1 heterocycles. The summed E-state index contributed by atoms with van der Waals surface area (Å²) in [6.07, 6.45) is 8.03. The van der Waals surface area contributed by atoms with Crippen LogP contribution in [0.1, 0.15) is 24.0 Å². The lowest BCUT2D eigenvalue weighted by Crippen LogP contribution is -2.32. The molecule has 1 unspecified atom stereocenters. The lowest BCUT2D eigenvalue weighted by molar-refractivity contribution is -0.144. The van der Waals surface area contributed by atoms with Crippen LogP contribution in [0.2, 0.25) is 0 Å². The van der Waals surface area contributed by atoms with Gasteiger partial charge in [-0.2, -0.15) is 0 Å². The highest BCUT2D eigenvalue weighted by Gasteiger charge is 2.39. The Morgan fingerprint density at radius 3 is 2.64 bits per heavy atom. The normalized spacial score (nSPS) is 16.8. The van der Waals surface area contributed by atoms with Gasteiger partial charge < -0.3 is 20.1 Å². The van der Waals surface area contributed by atoms with E-state index in [0.29, 0.717) is 35.3 Å². The number of carbonyl (C=O) groups excluding carboxylic acids is 3. The van der Waals surface area contributed by atoms with Gasteiger partial charge in [-0.1, -0.05) is 78.5 Å². The van der Waals surface area contributed by atoms with Crippen LogP contribution in [0, 0.1) is 5.82 Å². The Balaban J connectivity index is 1.19. The number of allylic oxidation sites excluding steroid dienone is 4. The molecule has 9 nitrogen and oxygen atoms in total. The standard InChI is InChI=1S/C36H35FN4O5S/c1-45-31-15-5-10-26(20-31)23-41-35(44)34(47-36(41)40-30-14-7-12-28(37)21-30)27-11-6-13-29(17-16-27)39-32(42)18-19-38-22-33(43)46-24-25-8-3-2-4-9-25/h2-12,14-17,20-21,34,38H,13,18-19,22-24H2,1H3,(H,39,42). The molecule has 1 fully saturated rings. The van der Waals surface area contributed by atoms with E-state index in [-0.39, 0.29) is 37.9 Å². The molecule has 1 atom stereocenters. The molecule has 1 aliphatic heterocycles. The van der Waals surface area contributed by atoms with Crippen LogP contribution in [0.4, 0.5) is 10.1 Å². The van der Waals surface area contributed by atoms with Crippen molar-refractivity contribution in [3.63, 3.8) is 0 Å². The third kappa shape index (κ3) is 9.74. The number of nitrogens with zero attached hydrogens (tertiary/aromatic N) is 2. The minimum Gasteiger partial charge on any atom is -0.497 e. The number of ether oxygens (including phenoxy) is 2. The summed E-state index contributed by atoms with van der Waals surface area (Å²) in [5, 5.41) is 5.73. The lowest BCUT2D eigenvalue weighted by atomic mass is 10.1. The van der Waals surface area contributed by atoms with Crippen LogP contribution < -0.4 is 15.4 Å². The molecule has 3 aromatic rings. The van der Waals surface area contributed by atoms with E-state index in [1.165, 1.54) is 23.9 Å². The van der Waals surface area contributed by atoms with Crippen molar-refractivity contribution in [1.82, 2.24) is 15.5 Å². The SMILES string of the molecule is COc1cccc(CN2C(=O)C(C3=CC=C(NC(=O)CCNCC(=O)OCc4ccccc4)CC=C3)SC2=Nc2cccc(F)c2)c1. The summed E-state index contributed by atoms with van der Waals surface area (Å²) in [4.78, 5) is 44.6. The van der Waals surface area contributed by atoms with Crippen molar-refractivity contribution in [2.75, 3.05) is 20.2 Å². The highest BCUT2D eigenvalue weighted by Crippen LogP contribution is 2.36. The van der Waals surface area contributed by atoms with E-state index in [2.05, 4.69) is 15.6 Å². The van der Waals surface area contributed by atoms with Gasteiger partial charge in [0.05, 0.1) is 25.9 Å². The molecule has 0 bridgehead atoms. The maximum Gasteiger partial charge on any atom is 0.320 e. The van der Waals surface area contributed by atoms with Crippen LogP contribution in [-0.2, 0) is 32.3 Å². The van der Waals surface area contributed by atoms with Crippen LogP contribution in [0.15, 0.2) is 119 Å². The van der Waals surface area contributed by atoms with E-state index < -0.39 is 17.0 Å². The number of esters is 1. The Bertz CT molecular complexity index is 1720. The predicted octanol–water partition coefficient (Wildman–Crippen LogP) is 5.58. The summed E-state index contributed by atoms with van der Waals surface area (Å²) in [6, 6.07) is 22.8. The van der Waals surface area contributed by atoms with Crippen molar-refractivity contribution in [1.29, 1.82) is 0 Å². The van der Waals surface area contributed by atoms with E-state index >= 15 is 0 Å². The van der Waals surface area contributed by atoms with Crippen molar-refractivity contribution in [3.8, 4) is 5.75 Å². The second kappa shape index (κ2) is 16.5. The Morgan fingerprint density at radius 2 is 1.83 bits per heavy atom.